The normalized spacial score (nSPS) is 17.1. The number of rotatable bonds is 4. The Morgan fingerprint density at radius 2 is 1.57 bits per heavy atom. The van der Waals surface area contributed by atoms with E-state index in [1.807, 2.05) is 41.3 Å². The predicted molar refractivity (Wildman–Crippen MR) is 111 cm³/mol. The van der Waals surface area contributed by atoms with Gasteiger partial charge >= 0.3 is 6.03 Å². The van der Waals surface area contributed by atoms with Crippen LogP contribution >= 0.6 is 0 Å². The maximum atomic E-state index is 12.7. The van der Waals surface area contributed by atoms with Crippen LogP contribution in [-0.4, -0.2) is 54.3 Å². The molecule has 0 saturated carbocycles. The molecule has 0 bridgehead atoms. The second-order valence-corrected chi connectivity index (χ2v) is 7.67. The van der Waals surface area contributed by atoms with Gasteiger partial charge in [0.1, 0.15) is 0 Å². The SMILES string of the molecule is O=C(CN1CCN(C(=O)Nc2ccccc2)CC1)c1ccc2c(c1)CCCC2. The van der Waals surface area contributed by atoms with Crippen LogP contribution in [0.2, 0.25) is 0 Å². The molecule has 0 atom stereocenters. The molecule has 28 heavy (non-hydrogen) atoms. The molecule has 1 aliphatic carbocycles. The molecule has 2 amide bonds. The Balaban J connectivity index is 1.28. The van der Waals surface area contributed by atoms with Crippen molar-refractivity contribution in [2.24, 2.45) is 0 Å². The third-order valence-electron chi connectivity index (χ3n) is 5.72. The van der Waals surface area contributed by atoms with E-state index in [1.165, 1.54) is 24.0 Å². The van der Waals surface area contributed by atoms with E-state index in [2.05, 4.69) is 22.3 Å². The number of aryl methyl sites for hydroxylation is 2. The number of hydrogen-bond donors (Lipinski definition) is 1. The number of carbonyl (C=O) groups is 2. The fraction of sp³-hybridized carbons (Fsp3) is 0.391. The van der Waals surface area contributed by atoms with Crippen molar-refractivity contribution in [2.75, 3.05) is 38.0 Å². The van der Waals surface area contributed by atoms with Crippen molar-refractivity contribution < 1.29 is 9.59 Å². The number of hydrogen-bond acceptors (Lipinski definition) is 3. The number of para-hydroxylation sites is 1. The molecule has 1 N–H and O–H groups in total. The zero-order valence-electron chi connectivity index (χ0n) is 16.2. The third-order valence-corrected chi connectivity index (χ3v) is 5.72. The first kappa shape index (κ1) is 18.7. The highest BCUT2D eigenvalue weighted by Crippen LogP contribution is 2.22. The smallest absolute Gasteiger partial charge is 0.321 e. The molecule has 2 aromatic rings. The number of piperazine rings is 1. The molecule has 1 fully saturated rings. The number of anilines is 1. The van der Waals surface area contributed by atoms with Gasteiger partial charge in [0.15, 0.2) is 5.78 Å². The third kappa shape index (κ3) is 4.42. The Kier molecular flexibility index (Phi) is 5.72. The molecule has 5 nitrogen and oxygen atoms in total. The van der Waals surface area contributed by atoms with Crippen molar-refractivity contribution in [3.63, 3.8) is 0 Å². The molecule has 0 spiro atoms. The molecule has 0 aromatic heterocycles. The van der Waals surface area contributed by atoms with Crippen LogP contribution in [0.1, 0.15) is 34.3 Å². The zero-order valence-corrected chi connectivity index (χ0v) is 16.2. The van der Waals surface area contributed by atoms with Crippen LogP contribution in [0.25, 0.3) is 0 Å². The van der Waals surface area contributed by atoms with Gasteiger partial charge in [-0.15, -0.1) is 0 Å². The Labute approximate surface area is 166 Å². The Bertz CT molecular complexity index is 842. The lowest BCUT2D eigenvalue weighted by Crippen LogP contribution is -2.51. The van der Waals surface area contributed by atoms with E-state index >= 15 is 0 Å². The number of amides is 2. The average molecular weight is 377 g/mol. The maximum absolute atomic E-state index is 12.7. The van der Waals surface area contributed by atoms with E-state index in [-0.39, 0.29) is 11.8 Å². The number of Topliss-reactive ketones (excluding diaryl/α,β-unsaturated/α-hetero) is 1. The lowest BCUT2D eigenvalue weighted by Gasteiger charge is -2.34. The van der Waals surface area contributed by atoms with Gasteiger partial charge < -0.3 is 10.2 Å². The first-order valence-corrected chi connectivity index (χ1v) is 10.2. The summed E-state index contributed by atoms with van der Waals surface area (Å²) in [5.41, 5.74) is 4.38. The van der Waals surface area contributed by atoms with Crippen molar-refractivity contribution in [1.29, 1.82) is 0 Å². The Morgan fingerprint density at radius 3 is 2.32 bits per heavy atom. The van der Waals surface area contributed by atoms with Crippen molar-refractivity contribution in [2.45, 2.75) is 25.7 Å². The summed E-state index contributed by atoms with van der Waals surface area (Å²) < 4.78 is 0. The number of nitrogens with one attached hydrogen (secondary N) is 1. The molecule has 1 saturated heterocycles. The quantitative estimate of drug-likeness (QED) is 0.829. The van der Waals surface area contributed by atoms with Crippen molar-refractivity contribution in [3.8, 4) is 0 Å². The molecule has 1 aliphatic heterocycles. The van der Waals surface area contributed by atoms with Crippen molar-refractivity contribution >= 4 is 17.5 Å². The minimum Gasteiger partial charge on any atom is -0.322 e. The van der Waals surface area contributed by atoms with E-state index in [0.717, 1.165) is 37.2 Å². The Hall–Kier alpha value is -2.66. The number of fused-ring (bicyclic) bond motifs is 1. The van der Waals surface area contributed by atoms with Crippen LogP contribution in [0.15, 0.2) is 48.5 Å². The Morgan fingerprint density at radius 1 is 0.857 bits per heavy atom. The predicted octanol–water partition coefficient (Wildman–Crippen LogP) is 3.60. The minimum absolute atomic E-state index is 0.0770. The van der Waals surface area contributed by atoms with Gasteiger partial charge in [0.2, 0.25) is 0 Å². The van der Waals surface area contributed by atoms with E-state index in [9.17, 15) is 9.59 Å². The summed E-state index contributed by atoms with van der Waals surface area (Å²) >= 11 is 0. The molecule has 4 rings (SSSR count). The molecular formula is C23H27N3O2. The highest BCUT2D eigenvalue weighted by atomic mass is 16.2. The highest BCUT2D eigenvalue weighted by molar-refractivity contribution is 5.98. The number of benzene rings is 2. The van der Waals surface area contributed by atoms with Gasteiger partial charge in [0.25, 0.3) is 0 Å². The van der Waals surface area contributed by atoms with E-state index in [0.29, 0.717) is 19.6 Å². The summed E-state index contributed by atoms with van der Waals surface area (Å²) in [5, 5.41) is 2.92. The average Bonchev–Trinajstić information content (AvgIpc) is 2.74. The van der Waals surface area contributed by atoms with Gasteiger partial charge in [-0.3, -0.25) is 9.69 Å². The lowest BCUT2D eigenvalue weighted by molar-refractivity contribution is 0.0883. The number of urea groups is 1. The lowest BCUT2D eigenvalue weighted by atomic mass is 9.90. The highest BCUT2D eigenvalue weighted by Gasteiger charge is 2.23. The van der Waals surface area contributed by atoms with Gasteiger partial charge in [0, 0.05) is 37.4 Å². The van der Waals surface area contributed by atoms with Crippen LogP contribution < -0.4 is 5.32 Å². The number of carbonyl (C=O) groups excluding carboxylic acids is 2. The molecular weight excluding hydrogens is 350 g/mol. The first-order valence-electron chi connectivity index (χ1n) is 10.2. The summed E-state index contributed by atoms with van der Waals surface area (Å²) in [7, 11) is 0. The topological polar surface area (TPSA) is 52.7 Å². The molecule has 0 unspecified atom stereocenters. The van der Waals surface area contributed by atoms with Gasteiger partial charge in [-0.25, -0.2) is 4.79 Å². The monoisotopic (exact) mass is 377 g/mol. The molecule has 1 heterocycles. The van der Waals surface area contributed by atoms with Crippen molar-refractivity contribution in [1.82, 2.24) is 9.80 Å². The largest absolute Gasteiger partial charge is 0.322 e. The molecule has 146 valence electrons. The standard InChI is InChI=1S/C23H27N3O2/c27-22(20-11-10-18-6-4-5-7-19(18)16-20)17-25-12-14-26(15-13-25)23(28)24-21-8-2-1-3-9-21/h1-3,8-11,16H,4-7,12-15,17H2,(H,24,28). The summed E-state index contributed by atoms with van der Waals surface area (Å²) in [6.07, 6.45) is 4.70. The maximum Gasteiger partial charge on any atom is 0.321 e. The van der Waals surface area contributed by atoms with Crippen molar-refractivity contribution in [3.05, 3.63) is 65.2 Å². The molecule has 5 heteroatoms. The fourth-order valence-corrected chi connectivity index (χ4v) is 4.03. The number of nitrogens with zero attached hydrogens (tertiary/aromatic N) is 2. The summed E-state index contributed by atoms with van der Waals surface area (Å²) in [4.78, 5) is 29.1. The van der Waals surface area contributed by atoms with Crippen LogP contribution in [0.4, 0.5) is 10.5 Å². The summed E-state index contributed by atoms with van der Waals surface area (Å²) in [6, 6.07) is 15.6. The molecule has 2 aliphatic rings. The second-order valence-electron chi connectivity index (χ2n) is 7.67. The first-order chi connectivity index (χ1) is 13.7. The number of ketones is 1. The minimum atomic E-state index is -0.0770. The van der Waals surface area contributed by atoms with Crippen LogP contribution in [0.5, 0.6) is 0 Å². The van der Waals surface area contributed by atoms with E-state index in [4.69, 9.17) is 0 Å². The van der Waals surface area contributed by atoms with Gasteiger partial charge in [-0.05, 0) is 55.0 Å². The van der Waals surface area contributed by atoms with E-state index < -0.39 is 0 Å². The van der Waals surface area contributed by atoms with E-state index in [1.54, 1.807) is 0 Å². The van der Waals surface area contributed by atoms with Crippen LogP contribution in [-0.2, 0) is 12.8 Å². The van der Waals surface area contributed by atoms with Gasteiger partial charge in [0.05, 0.1) is 6.54 Å². The zero-order chi connectivity index (χ0) is 19.3. The van der Waals surface area contributed by atoms with Gasteiger partial charge in [-0.2, -0.15) is 0 Å². The summed E-state index contributed by atoms with van der Waals surface area (Å²) in [6.45, 7) is 3.14. The van der Waals surface area contributed by atoms with Gasteiger partial charge in [-0.1, -0.05) is 30.3 Å². The summed E-state index contributed by atoms with van der Waals surface area (Å²) in [5.74, 6) is 0.176. The molecule has 0 radical (unpaired) electrons. The molecule has 2 aromatic carbocycles. The second kappa shape index (κ2) is 8.57. The fourth-order valence-electron chi connectivity index (χ4n) is 4.03. The van der Waals surface area contributed by atoms with Crippen LogP contribution in [0, 0.1) is 0 Å². The van der Waals surface area contributed by atoms with Crippen LogP contribution in [0.3, 0.4) is 0 Å².